The Morgan fingerprint density at radius 3 is 2.60 bits per heavy atom. The minimum atomic E-state index is -0.759. The summed E-state index contributed by atoms with van der Waals surface area (Å²) in [4.78, 5) is 13.0. The summed E-state index contributed by atoms with van der Waals surface area (Å²) in [5, 5.41) is 20.2. The number of ketones is 1. The molecule has 170 valence electrons. The second-order valence-corrected chi connectivity index (χ2v) is 12.5. The summed E-state index contributed by atoms with van der Waals surface area (Å²) in [7, 11) is 0. The van der Waals surface area contributed by atoms with Crippen LogP contribution in [0.15, 0.2) is 11.6 Å². The SMILES string of the molecule is C[C@H](C(=O)CCC(C)(C)O)[C@H]1CC[C@H]2[C@@H]3CC=C4C[C@@H](O)CC[C@]4(C)[C@H]3CC[C@]12C. The minimum absolute atomic E-state index is 0.106. The van der Waals surface area contributed by atoms with Gasteiger partial charge in [-0.25, -0.2) is 0 Å². The molecule has 0 unspecified atom stereocenters. The van der Waals surface area contributed by atoms with Crippen LogP contribution in [0, 0.1) is 40.4 Å². The molecule has 4 aliphatic carbocycles. The van der Waals surface area contributed by atoms with Gasteiger partial charge >= 0.3 is 0 Å². The van der Waals surface area contributed by atoms with Gasteiger partial charge in [-0.15, -0.1) is 0 Å². The second-order valence-electron chi connectivity index (χ2n) is 12.5. The quantitative estimate of drug-likeness (QED) is 0.567. The number of hydrogen-bond donors (Lipinski definition) is 2. The minimum Gasteiger partial charge on any atom is -0.393 e. The third-order valence-electron chi connectivity index (χ3n) is 10.2. The summed E-state index contributed by atoms with van der Waals surface area (Å²) < 4.78 is 0. The van der Waals surface area contributed by atoms with Crippen LogP contribution in [0.1, 0.15) is 98.8 Å². The molecule has 4 rings (SSSR count). The molecule has 0 heterocycles. The van der Waals surface area contributed by atoms with Crippen LogP contribution in [0.5, 0.6) is 0 Å². The molecule has 0 radical (unpaired) electrons. The average molecular weight is 417 g/mol. The monoisotopic (exact) mass is 416 g/mol. The van der Waals surface area contributed by atoms with Crippen molar-refractivity contribution in [1.29, 1.82) is 0 Å². The maximum Gasteiger partial charge on any atom is 0.136 e. The molecule has 0 aromatic carbocycles. The number of hydrogen-bond acceptors (Lipinski definition) is 3. The van der Waals surface area contributed by atoms with Crippen molar-refractivity contribution in [2.24, 2.45) is 40.4 Å². The molecule has 30 heavy (non-hydrogen) atoms. The lowest BCUT2D eigenvalue weighted by atomic mass is 9.47. The van der Waals surface area contributed by atoms with Gasteiger partial charge in [0.25, 0.3) is 0 Å². The molecular weight excluding hydrogens is 372 g/mol. The number of Topliss-reactive ketones (excluding diaryl/α,β-unsaturated/α-hetero) is 1. The lowest BCUT2D eigenvalue weighted by Gasteiger charge is -2.58. The summed E-state index contributed by atoms with van der Waals surface area (Å²) in [6, 6.07) is 0. The number of aliphatic hydroxyl groups excluding tert-OH is 1. The summed E-state index contributed by atoms with van der Waals surface area (Å²) in [6.45, 7) is 10.8. The summed E-state index contributed by atoms with van der Waals surface area (Å²) in [5.74, 6) is 3.18. The van der Waals surface area contributed by atoms with Crippen LogP contribution in [0.2, 0.25) is 0 Å². The van der Waals surface area contributed by atoms with Crippen molar-refractivity contribution in [3.63, 3.8) is 0 Å². The fourth-order valence-electron chi connectivity index (χ4n) is 8.38. The first kappa shape index (κ1) is 22.5. The van der Waals surface area contributed by atoms with Gasteiger partial charge in [0.05, 0.1) is 11.7 Å². The van der Waals surface area contributed by atoms with Gasteiger partial charge in [0, 0.05) is 12.3 Å². The van der Waals surface area contributed by atoms with Crippen molar-refractivity contribution in [3.05, 3.63) is 11.6 Å². The average Bonchev–Trinajstić information content (AvgIpc) is 3.02. The Hall–Kier alpha value is -0.670. The third kappa shape index (κ3) is 3.72. The van der Waals surface area contributed by atoms with Crippen LogP contribution in [-0.2, 0) is 4.79 Å². The first-order valence-electron chi connectivity index (χ1n) is 12.6. The highest BCUT2D eigenvalue weighted by molar-refractivity contribution is 5.81. The number of fused-ring (bicyclic) bond motifs is 5. The molecule has 3 saturated carbocycles. The lowest BCUT2D eigenvalue weighted by molar-refractivity contribution is -0.128. The smallest absolute Gasteiger partial charge is 0.136 e. The zero-order valence-electron chi connectivity index (χ0n) is 19.9. The molecule has 0 aromatic rings. The zero-order chi connectivity index (χ0) is 21.9. The Morgan fingerprint density at radius 1 is 1.17 bits per heavy atom. The maximum atomic E-state index is 13.0. The van der Waals surface area contributed by atoms with E-state index in [1.54, 1.807) is 13.8 Å². The molecule has 8 atom stereocenters. The third-order valence-corrected chi connectivity index (χ3v) is 10.2. The molecule has 3 heteroatoms. The van der Waals surface area contributed by atoms with Crippen LogP contribution in [-0.4, -0.2) is 27.7 Å². The number of allylic oxidation sites excluding steroid dienone is 1. The second kappa shape index (κ2) is 7.73. The molecule has 0 saturated heterocycles. The highest BCUT2D eigenvalue weighted by Crippen LogP contribution is 2.67. The van der Waals surface area contributed by atoms with Crippen molar-refractivity contribution in [2.75, 3.05) is 0 Å². The van der Waals surface area contributed by atoms with Gasteiger partial charge in [-0.3, -0.25) is 4.79 Å². The predicted octanol–water partition coefficient (Wildman–Crippen LogP) is 5.68. The summed E-state index contributed by atoms with van der Waals surface area (Å²) in [5.41, 5.74) is 1.34. The summed E-state index contributed by atoms with van der Waals surface area (Å²) >= 11 is 0. The first-order chi connectivity index (χ1) is 14.0. The molecule has 0 amide bonds. The van der Waals surface area contributed by atoms with Gasteiger partial charge in [0.1, 0.15) is 5.78 Å². The Kier molecular flexibility index (Phi) is 5.80. The standard InChI is InChI=1S/C27H44O3/c1-17(24(29)12-13-25(2,3)30)21-8-9-22-20-7-6-18-16-19(28)10-14-26(18,4)23(20)11-15-27(21,22)5/h6,17,19-23,28,30H,7-16H2,1-5H3/t17-,19-,20-,21+,22-,23-,26-,27+/m0/s1. The highest BCUT2D eigenvalue weighted by atomic mass is 16.3. The van der Waals surface area contributed by atoms with E-state index in [-0.39, 0.29) is 22.9 Å². The summed E-state index contributed by atoms with van der Waals surface area (Å²) in [6.07, 6.45) is 12.6. The van der Waals surface area contributed by atoms with Crippen molar-refractivity contribution >= 4 is 5.78 Å². The fraction of sp³-hybridized carbons (Fsp3) is 0.889. The van der Waals surface area contributed by atoms with E-state index in [2.05, 4.69) is 26.8 Å². The molecule has 0 bridgehead atoms. The van der Waals surface area contributed by atoms with E-state index in [0.29, 0.717) is 24.5 Å². The first-order valence-corrected chi connectivity index (χ1v) is 12.6. The van der Waals surface area contributed by atoms with Crippen LogP contribution < -0.4 is 0 Å². The molecule has 2 N–H and O–H groups in total. The van der Waals surface area contributed by atoms with E-state index in [1.807, 2.05) is 0 Å². The van der Waals surface area contributed by atoms with Gasteiger partial charge in [0.15, 0.2) is 0 Å². The van der Waals surface area contributed by atoms with Crippen LogP contribution in [0.4, 0.5) is 0 Å². The molecule has 3 fully saturated rings. The van der Waals surface area contributed by atoms with E-state index in [9.17, 15) is 15.0 Å². The van der Waals surface area contributed by atoms with Gasteiger partial charge in [-0.1, -0.05) is 32.4 Å². The van der Waals surface area contributed by atoms with Gasteiger partial charge in [-0.05, 0) is 106 Å². The van der Waals surface area contributed by atoms with Gasteiger partial charge in [-0.2, -0.15) is 0 Å². The van der Waals surface area contributed by atoms with E-state index >= 15 is 0 Å². The lowest BCUT2D eigenvalue weighted by Crippen LogP contribution is -2.51. The van der Waals surface area contributed by atoms with Crippen LogP contribution >= 0.6 is 0 Å². The van der Waals surface area contributed by atoms with E-state index in [1.165, 1.54) is 37.7 Å². The Morgan fingerprint density at radius 2 is 1.90 bits per heavy atom. The van der Waals surface area contributed by atoms with Crippen molar-refractivity contribution in [2.45, 2.75) is 111 Å². The van der Waals surface area contributed by atoms with Crippen molar-refractivity contribution in [3.8, 4) is 0 Å². The number of carbonyl (C=O) groups excluding carboxylic acids is 1. The highest BCUT2D eigenvalue weighted by Gasteiger charge is 2.59. The van der Waals surface area contributed by atoms with Crippen molar-refractivity contribution < 1.29 is 15.0 Å². The normalized spacial score (nSPS) is 44.5. The van der Waals surface area contributed by atoms with Crippen LogP contribution in [0.3, 0.4) is 0 Å². The largest absolute Gasteiger partial charge is 0.393 e. The topological polar surface area (TPSA) is 57.5 Å². The number of aliphatic hydroxyl groups is 2. The Balaban J connectivity index is 1.51. The Bertz CT molecular complexity index is 703. The number of rotatable bonds is 5. The molecule has 0 aliphatic heterocycles. The number of carbonyl (C=O) groups is 1. The van der Waals surface area contributed by atoms with Crippen molar-refractivity contribution in [1.82, 2.24) is 0 Å². The van der Waals surface area contributed by atoms with Gasteiger partial charge in [0.2, 0.25) is 0 Å². The molecular formula is C27H44O3. The van der Waals surface area contributed by atoms with E-state index < -0.39 is 5.60 Å². The molecule has 4 aliphatic rings. The molecule has 3 nitrogen and oxygen atoms in total. The molecule has 0 aromatic heterocycles. The Labute approximate surface area is 183 Å². The zero-order valence-corrected chi connectivity index (χ0v) is 19.9. The maximum absolute atomic E-state index is 13.0. The van der Waals surface area contributed by atoms with E-state index in [4.69, 9.17) is 0 Å². The van der Waals surface area contributed by atoms with E-state index in [0.717, 1.165) is 37.0 Å². The van der Waals surface area contributed by atoms with Gasteiger partial charge < -0.3 is 10.2 Å². The van der Waals surface area contributed by atoms with Crippen LogP contribution in [0.25, 0.3) is 0 Å². The fourth-order valence-corrected chi connectivity index (χ4v) is 8.38. The predicted molar refractivity (Wildman–Crippen MR) is 121 cm³/mol. The molecule has 0 spiro atoms.